The zero-order valence-corrected chi connectivity index (χ0v) is 12.1. The van der Waals surface area contributed by atoms with E-state index in [1.54, 1.807) is 6.20 Å². The number of halogens is 1. The summed E-state index contributed by atoms with van der Waals surface area (Å²) in [6.45, 7) is 2.67. The maximum absolute atomic E-state index is 5.75. The highest BCUT2D eigenvalue weighted by molar-refractivity contribution is 9.10. The number of aryl methyl sites for hydroxylation is 1. The van der Waals surface area contributed by atoms with Crippen molar-refractivity contribution in [3.05, 3.63) is 58.5 Å². The highest BCUT2D eigenvalue weighted by Gasteiger charge is 2.03. The lowest BCUT2D eigenvalue weighted by molar-refractivity contribution is 0.559. The lowest BCUT2D eigenvalue weighted by Crippen LogP contribution is -1.99. The van der Waals surface area contributed by atoms with Crippen molar-refractivity contribution in [2.75, 3.05) is 5.32 Å². The Balaban J connectivity index is 1.76. The molecule has 0 radical (unpaired) electrons. The van der Waals surface area contributed by atoms with E-state index in [-0.39, 0.29) is 0 Å². The van der Waals surface area contributed by atoms with Gasteiger partial charge in [0.25, 0.3) is 0 Å². The van der Waals surface area contributed by atoms with Gasteiger partial charge < -0.3 is 9.73 Å². The first-order chi connectivity index (χ1) is 9.22. The van der Waals surface area contributed by atoms with E-state index in [1.807, 2.05) is 31.2 Å². The van der Waals surface area contributed by atoms with Crippen LogP contribution in [0.1, 0.15) is 11.3 Å². The summed E-state index contributed by atoms with van der Waals surface area (Å²) in [6.07, 6.45) is 1.81. The van der Waals surface area contributed by atoms with E-state index in [1.165, 1.54) is 0 Å². The summed E-state index contributed by atoms with van der Waals surface area (Å²) in [7, 11) is 0. The predicted octanol–water partition coefficient (Wildman–Crippen LogP) is 4.51. The molecule has 19 heavy (non-hydrogen) atoms. The molecule has 1 N–H and O–H groups in total. The minimum atomic E-state index is 0.650. The van der Waals surface area contributed by atoms with Crippen LogP contribution in [-0.2, 0) is 6.54 Å². The second-order valence-corrected chi connectivity index (χ2v) is 5.19. The maximum Gasteiger partial charge on any atom is 0.134 e. The average molecular weight is 317 g/mol. The third-order valence-corrected chi connectivity index (χ3v) is 3.79. The van der Waals surface area contributed by atoms with Crippen LogP contribution in [-0.4, -0.2) is 4.98 Å². The number of hydrogen-bond donors (Lipinski definition) is 1. The third kappa shape index (κ3) is 2.63. The smallest absolute Gasteiger partial charge is 0.134 e. The van der Waals surface area contributed by atoms with Gasteiger partial charge in [-0.25, -0.2) is 4.98 Å². The SMILES string of the molecule is Cc1cc(NCc2cc3ccccc3o2)cnc1Br. The fourth-order valence-corrected chi connectivity index (χ4v) is 2.18. The largest absolute Gasteiger partial charge is 0.459 e. The number of nitrogens with zero attached hydrogens (tertiary/aromatic N) is 1. The highest BCUT2D eigenvalue weighted by Crippen LogP contribution is 2.21. The van der Waals surface area contributed by atoms with Gasteiger partial charge in [0, 0.05) is 5.39 Å². The molecule has 0 aliphatic carbocycles. The number of aromatic nitrogens is 1. The zero-order chi connectivity index (χ0) is 13.2. The Hall–Kier alpha value is -1.81. The molecule has 0 saturated heterocycles. The molecule has 0 saturated carbocycles. The van der Waals surface area contributed by atoms with Gasteiger partial charge in [0.15, 0.2) is 0 Å². The number of nitrogens with one attached hydrogen (secondary N) is 1. The lowest BCUT2D eigenvalue weighted by Gasteiger charge is -2.05. The summed E-state index contributed by atoms with van der Waals surface area (Å²) < 4.78 is 6.63. The van der Waals surface area contributed by atoms with Crippen LogP contribution in [0.15, 0.2) is 51.6 Å². The number of furan rings is 1. The monoisotopic (exact) mass is 316 g/mol. The van der Waals surface area contributed by atoms with Crippen molar-refractivity contribution in [3.8, 4) is 0 Å². The van der Waals surface area contributed by atoms with E-state index in [0.29, 0.717) is 6.54 Å². The van der Waals surface area contributed by atoms with E-state index < -0.39 is 0 Å². The number of para-hydroxylation sites is 1. The van der Waals surface area contributed by atoms with Gasteiger partial charge >= 0.3 is 0 Å². The van der Waals surface area contributed by atoms with E-state index in [2.05, 4.69) is 38.4 Å². The first-order valence-corrected chi connectivity index (χ1v) is 6.85. The van der Waals surface area contributed by atoms with Crippen LogP contribution < -0.4 is 5.32 Å². The predicted molar refractivity (Wildman–Crippen MR) is 80.2 cm³/mol. The van der Waals surface area contributed by atoms with Gasteiger partial charge in [-0.2, -0.15) is 0 Å². The second kappa shape index (κ2) is 5.05. The molecular formula is C15H13BrN2O. The molecule has 0 amide bonds. The van der Waals surface area contributed by atoms with Crippen molar-refractivity contribution in [1.29, 1.82) is 0 Å². The summed E-state index contributed by atoms with van der Waals surface area (Å²) >= 11 is 3.39. The Morgan fingerprint density at radius 1 is 1.26 bits per heavy atom. The Labute approximate surface area is 119 Å². The molecule has 3 aromatic rings. The topological polar surface area (TPSA) is 38.1 Å². The number of rotatable bonds is 3. The molecule has 2 aromatic heterocycles. The molecule has 0 fully saturated rings. The molecule has 1 aromatic carbocycles. The van der Waals surface area contributed by atoms with E-state index in [4.69, 9.17) is 4.42 Å². The highest BCUT2D eigenvalue weighted by atomic mass is 79.9. The summed E-state index contributed by atoms with van der Waals surface area (Å²) in [4.78, 5) is 4.26. The van der Waals surface area contributed by atoms with Crippen LogP contribution in [0, 0.1) is 6.92 Å². The number of pyridine rings is 1. The lowest BCUT2D eigenvalue weighted by atomic mass is 10.2. The van der Waals surface area contributed by atoms with Gasteiger partial charge in [-0.05, 0) is 46.6 Å². The molecule has 0 atom stereocenters. The van der Waals surface area contributed by atoms with Crippen LogP contribution in [0.3, 0.4) is 0 Å². The van der Waals surface area contributed by atoms with Crippen molar-refractivity contribution >= 4 is 32.6 Å². The maximum atomic E-state index is 5.75. The quantitative estimate of drug-likeness (QED) is 0.722. The van der Waals surface area contributed by atoms with Crippen LogP contribution >= 0.6 is 15.9 Å². The molecule has 0 bridgehead atoms. The normalized spacial score (nSPS) is 10.8. The second-order valence-electron chi connectivity index (χ2n) is 4.44. The molecule has 0 unspecified atom stereocenters. The number of fused-ring (bicyclic) bond motifs is 1. The standard InChI is InChI=1S/C15H13BrN2O/c1-10-6-12(8-18-15(10)16)17-9-13-7-11-4-2-3-5-14(11)19-13/h2-8,17H,9H2,1H3. The van der Waals surface area contributed by atoms with Gasteiger partial charge in [-0.3, -0.25) is 0 Å². The molecule has 3 rings (SSSR count). The molecule has 4 heteroatoms. The minimum Gasteiger partial charge on any atom is -0.459 e. The van der Waals surface area contributed by atoms with Crippen LogP contribution in [0.2, 0.25) is 0 Å². The summed E-state index contributed by atoms with van der Waals surface area (Å²) in [5.74, 6) is 0.918. The van der Waals surface area contributed by atoms with Gasteiger partial charge in [0.05, 0.1) is 18.4 Å². The number of benzene rings is 1. The Kier molecular flexibility index (Phi) is 3.25. The summed E-state index contributed by atoms with van der Waals surface area (Å²) in [6, 6.07) is 12.1. The first kappa shape index (κ1) is 12.2. The van der Waals surface area contributed by atoms with Gasteiger partial charge in [0.2, 0.25) is 0 Å². The molecule has 2 heterocycles. The Morgan fingerprint density at radius 3 is 2.89 bits per heavy atom. The molecule has 96 valence electrons. The molecule has 0 spiro atoms. The molecule has 0 aliphatic heterocycles. The first-order valence-electron chi connectivity index (χ1n) is 6.06. The van der Waals surface area contributed by atoms with Crippen molar-refractivity contribution in [2.24, 2.45) is 0 Å². The Morgan fingerprint density at radius 2 is 2.11 bits per heavy atom. The molecular weight excluding hydrogens is 304 g/mol. The van der Waals surface area contributed by atoms with Crippen LogP contribution in [0.4, 0.5) is 5.69 Å². The van der Waals surface area contributed by atoms with Gasteiger partial charge in [-0.15, -0.1) is 0 Å². The van der Waals surface area contributed by atoms with Crippen molar-refractivity contribution in [1.82, 2.24) is 4.98 Å². The van der Waals surface area contributed by atoms with Crippen LogP contribution in [0.5, 0.6) is 0 Å². The number of anilines is 1. The molecule has 3 nitrogen and oxygen atoms in total. The fraction of sp³-hybridized carbons (Fsp3) is 0.133. The van der Waals surface area contributed by atoms with Crippen molar-refractivity contribution in [3.63, 3.8) is 0 Å². The summed E-state index contributed by atoms with van der Waals surface area (Å²) in [5, 5.41) is 4.44. The van der Waals surface area contributed by atoms with E-state index in [0.717, 1.165) is 32.6 Å². The van der Waals surface area contributed by atoms with Gasteiger partial charge in [0.1, 0.15) is 15.9 Å². The number of hydrogen-bond acceptors (Lipinski definition) is 3. The van der Waals surface area contributed by atoms with Crippen molar-refractivity contribution in [2.45, 2.75) is 13.5 Å². The van der Waals surface area contributed by atoms with E-state index in [9.17, 15) is 0 Å². The average Bonchev–Trinajstić information content (AvgIpc) is 2.83. The minimum absolute atomic E-state index is 0.650. The summed E-state index contributed by atoms with van der Waals surface area (Å²) in [5.41, 5.74) is 3.01. The fourth-order valence-electron chi connectivity index (χ4n) is 1.97. The molecule has 0 aliphatic rings. The Bertz CT molecular complexity index is 688. The van der Waals surface area contributed by atoms with Crippen molar-refractivity contribution < 1.29 is 4.42 Å². The zero-order valence-electron chi connectivity index (χ0n) is 10.5. The van der Waals surface area contributed by atoms with Crippen LogP contribution in [0.25, 0.3) is 11.0 Å². The van der Waals surface area contributed by atoms with E-state index >= 15 is 0 Å². The third-order valence-electron chi connectivity index (χ3n) is 2.96. The van der Waals surface area contributed by atoms with Gasteiger partial charge in [-0.1, -0.05) is 18.2 Å².